The lowest BCUT2D eigenvalue weighted by Crippen LogP contribution is -2.04. The normalized spacial score (nSPS) is 10.9. The van der Waals surface area contributed by atoms with Crippen LogP contribution in [0.5, 0.6) is 11.8 Å². The Kier molecular flexibility index (Phi) is 5.15. The number of pyridine rings is 1. The molecule has 0 saturated carbocycles. The number of thiophene rings is 1. The fraction of sp³-hybridized carbons (Fsp3) is 0.0417. The molecule has 0 aliphatic rings. The zero-order valence-corrected chi connectivity index (χ0v) is 18.1. The number of H-pyrrole nitrogens is 1. The summed E-state index contributed by atoms with van der Waals surface area (Å²) >= 11 is 1.47. The van der Waals surface area contributed by atoms with Crippen molar-refractivity contribution in [1.29, 1.82) is 0 Å². The number of nitro groups is 1. The van der Waals surface area contributed by atoms with Crippen molar-refractivity contribution in [3.63, 3.8) is 0 Å². The van der Waals surface area contributed by atoms with Gasteiger partial charge < -0.3 is 9.72 Å². The van der Waals surface area contributed by atoms with E-state index >= 15 is 0 Å². The van der Waals surface area contributed by atoms with Crippen molar-refractivity contribution in [3.05, 3.63) is 99.2 Å². The molecule has 0 unspecified atom stereocenters. The van der Waals surface area contributed by atoms with Crippen LogP contribution >= 0.6 is 11.3 Å². The minimum absolute atomic E-state index is 0.0131. The summed E-state index contributed by atoms with van der Waals surface area (Å²) in [6.45, 7) is 1.86. The van der Waals surface area contributed by atoms with Crippen molar-refractivity contribution in [2.75, 3.05) is 0 Å². The number of ether oxygens (including phenoxy) is 1. The van der Waals surface area contributed by atoms with Crippen LogP contribution in [0, 0.1) is 17.0 Å². The van der Waals surface area contributed by atoms with Crippen LogP contribution in [0.1, 0.15) is 5.69 Å². The van der Waals surface area contributed by atoms with Crippen LogP contribution in [0.4, 0.5) is 5.69 Å². The Balaban J connectivity index is 1.60. The Labute approximate surface area is 191 Å². The highest BCUT2D eigenvalue weighted by molar-refractivity contribution is 7.23. The van der Waals surface area contributed by atoms with Gasteiger partial charge in [0.25, 0.3) is 11.2 Å². The summed E-state index contributed by atoms with van der Waals surface area (Å²) in [5, 5.41) is 11.6. The SMILES string of the molecule is Cc1ccnc(Oc2ccc(-c3c(-c4ccc([N+](=O)[O-])cc4)sc4cc[nH]c(=O)c34)cc2)n1. The van der Waals surface area contributed by atoms with E-state index in [-0.39, 0.29) is 17.3 Å². The molecule has 0 spiro atoms. The second kappa shape index (κ2) is 8.29. The Bertz CT molecular complexity index is 1540. The molecule has 0 saturated heterocycles. The number of aryl methyl sites for hydroxylation is 1. The van der Waals surface area contributed by atoms with Gasteiger partial charge in [-0.1, -0.05) is 12.1 Å². The zero-order valence-electron chi connectivity index (χ0n) is 17.3. The maximum absolute atomic E-state index is 12.7. The average molecular weight is 456 g/mol. The Morgan fingerprint density at radius 2 is 1.73 bits per heavy atom. The summed E-state index contributed by atoms with van der Waals surface area (Å²) < 4.78 is 6.57. The van der Waals surface area contributed by atoms with E-state index in [1.54, 1.807) is 42.7 Å². The van der Waals surface area contributed by atoms with E-state index in [4.69, 9.17) is 4.74 Å². The van der Waals surface area contributed by atoms with E-state index in [0.717, 1.165) is 32.0 Å². The number of nitrogens with one attached hydrogen (secondary N) is 1. The number of hydrogen-bond acceptors (Lipinski definition) is 7. The largest absolute Gasteiger partial charge is 0.424 e. The third-order valence-corrected chi connectivity index (χ3v) is 6.28. The van der Waals surface area contributed by atoms with Gasteiger partial charge in [-0.15, -0.1) is 11.3 Å². The topological polar surface area (TPSA) is 111 Å². The lowest BCUT2D eigenvalue weighted by atomic mass is 9.99. The number of aromatic nitrogens is 3. The molecule has 0 amide bonds. The first-order valence-electron chi connectivity index (χ1n) is 9.96. The molecule has 0 fully saturated rings. The Morgan fingerprint density at radius 1 is 1.00 bits per heavy atom. The molecule has 0 atom stereocenters. The predicted molar refractivity (Wildman–Crippen MR) is 127 cm³/mol. The minimum atomic E-state index is -0.434. The zero-order chi connectivity index (χ0) is 22.9. The van der Waals surface area contributed by atoms with Crippen molar-refractivity contribution < 1.29 is 9.66 Å². The Morgan fingerprint density at radius 3 is 2.42 bits per heavy atom. The minimum Gasteiger partial charge on any atom is -0.424 e. The van der Waals surface area contributed by atoms with Gasteiger partial charge in [0.05, 0.1) is 10.3 Å². The predicted octanol–water partition coefficient (Wildman–Crippen LogP) is 5.72. The first-order chi connectivity index (χ1) is 16.0. The highest BCUT2D eigenvalue weighted by Crippen LogP contribution is 2.44. The van der Waals surface area contributed by atoms with Gasteiger partial charge in [-0.25, -0.2) is 9.97 Å². The fourth-order valence-corrected chi connectivity index (χ4v) is 4.77. The summed E-state index contributed by atoms with van der Waals surface area (Å²) in [5.74, 6) is 0.565. The molecule has 0 aliphatic heterocycles. The van der Waals surface area contributed by atoms with E-state index in [9.17, 15) is 14.9 Å². The van der Waals surface area contributed by atoms with Gasteiger partial charge in [-0.2, -0.15) is 0 Å². The monoisotopic (exact) mass is 456 g/mol. The maximum Gasteiger partial charge on any atom is 0.322 e. The van der Waals surface area contributed by atoms with E-state index in [2.05, 4.69) is 15.0 Å². The number of benzene rings is 2. The molecule has 1 N–H and O–H groups in total. The molecule has 3 aromatic heterocycles. The van der Waals surface area contributed by atoms with E-state index in [1.165, 1.54) is 23.5 Å². The second-order valence-corrected chi connectivity index (χ2v) is 8.32. The maximum atomic E-state index is 12.7. The molecule has 3 heterocycles. The number of hydrogen-bond donors (Lipinski definition) is 1. The van der Waals surface area contributed by atoms with Crippen molar-refractivity contribution in [2.24, 2.45) is 0 Å². The van der Waals surface area contributed by atoms with Crippen molar-refractivity contribution in [2.45, 2.75) is 6.92 Å². The van der Waals surface area contributed by atoms with Gasteiger partial charge in [-0.3, -0.25) is 14.9 Å². The number of nitrogens with zero attached hydrogens (tertiary/aromatic N) is 3. The molecule has 0 bridgehead atoms. The standard InChI is InChI=1S/C24H16N4O4S/c1-14-10-12-26-24(27-14)32-18-8-4-15(5-9-18)20-21-19(11-13-25-23(21)29)33-22(20)16-2-6-17(7-3-16)28(30)31/h2-13H,1H3,(H,25,29). The third kappa shape index (κ3) is 3.97. The van der Waals surface area contributed by atoms with Gasteiger partial charge >= 0.3 is 6.01 Å². The van der Waals surface area contributed by atoms with Crippen LogP contribution in [0.2, 0.25) is 0 Å². The van der Waals surface area contributed by atoms with Crippen LogP contribution in [0.25, 0.3) is 31.7 Å². The first kappa shape index (κ1) is 20.5. The fourth-order valence-electron chi connectivity index (χ4n) is 3.54. The second-order valence-electron chi connectivity index (χ2n) is 7.26. The lowest BCUT2D eigenvalue weighted by molar-refractivity contribution is -0.384. The number of non-ortho nitro benzene ring substituents is 1. The summed E-state index contributed by atoms with van der Waals surface area (Å²) in [6, 6.07) is 17.6. The van der Waals surface area contributed by atoms with Gasteiger partial charge in [0.2, 0.25) is 0 Å². The first-order valence-corrected chi connectivity index (χ1v) is 10.8. The van der Waals surface area contributed by atoms with Crippen LogP contribution in [-0.4, -0.2) is 19.9 Å². The molecule has 0 aliphatic carbocycles. The van der Waals surface area contributed by atoms with Crippen LogP contribution in [0.15, 0.2) is 77.9 Å². The van der Waals surface area contributed by atoms with Crippen LogP contribution in [-0.2, 0) is 0 Å². The third-order valence-electron chi connectivity index (χ3n) is 5.08. The molecule has 0 radical (unpaired) electrons. The highest BCUT2D eigenvalue weighted by atomic mass is 32.1. The highest BCUT2D eigenvalue weighted by Gasteiger charge is 2.19. The van der Waals surface area contributed by atoms with Crippen molar-refractivity contribution >= 4 is 27.1 Å². The molecular formula is C24H16N4O4S. The summed E-state index contributed by atoms with van der Waals surface area (Å²) in [5.41, 5.74) is 3.01. The molecule has 162 valence electrons. The molecule has 2 aromatic carbocycles. The Hall–Kier alpha value is -4.37. The molecular weight excluding hydrogens is 440 g/mol. The number of nitro benzene ring substituents is 1. The molecule has 9 heteroatoms. The summed E-state index contributed by atoms with van der Waals surface area (Å²) in [6.07, 6.45) is 3.25. The average Bonchev–Trinajstić information content (AvgIpc) is 3.21. The van der Waals surface area contributed by atoms with Gasteiger partial charge in [0.1, 0.15) is 5.75 Å². The van der Waals surface area contributed by atoms with E-state index < -0.39 is 4.92 Å². The van der Waals surface area contributed by atoms with Crippen LogP contribution in [0.3, 0.4) is 0 Å². The van der Waals surface area contributed by atoms with Crippen LogP contribution < -0.4 is 10.3 Å². The number of fused-ring (bicyclic) bond motifs is 1. The molecule has 5 rings (SSSR count). The van der Waals surface area contributed by atoms with Crippen molar-refractivity contribution in [3.8, 4) is 33.3 Å². The van der Waals surface area contributed by atoms with E-state index in [0.29, 0.717) is 11.1 Å². The molecule has 5 aromatic rings. The van der Waals surface area contributed by atoms with Crippen molar-refractivity contribution in [1.82, 2.24) is 15.0 Å². The smallest absolute Gasteiger partial charge is 0.322 e. The molecule has 8 nitrogen and oxygen atoms in total. The quantitative estimate of drug-likeness (QED) is 0.267. The number of rotatable bonds is 5. The van der Waals surface area contributed by atoms with E-state index in [1.807, 2.05) is 25.1 Å². The van der Waals surface area contributed by atoms with Gasteiger partial charge in [0.15, 0.2) is 0 Å². The van der Waals surface area contributed by atoms with Gasteiger partial charge in [0, 0.05) is 45.4 Å². The summed E-state index contributed by atoms with van der Waals surface area (Å²) in [7, 11) is 0. The van der Waals surface area contributed by atoms with Gasteiger partial charge in [-0.05, 0) is 54.4 Å². The lowest BCUT2D eigenvalue weighted by Gasteiger charge is -2.08. The number of aromatic amines is 1. The summed E-state index contributed by atoms with van der Waals surface area (Å²) in [4.78, 5) is 35.3. The molecule has 33 heavy (non-hydrogen) atoms.